The van der Waals surface area contributed by atoms with Crippen LogP contribution in [0.3, 0.4) is 0 Å². The first-order chi connectivity index (χ1) is 19.8. The number of morpholine rings is 1. The number of aryl methyl sites for hydroxylation is 1. The number of likely N-dealkylation sites (tertiary alicyclic amines) is 1. The molecule has 2 aromatic carbocycles. The Morgan fingerprint density at radius 2 is 1.76 bits per heavy atom. The summed E-state index contributed by atoms with van der Waals surface area (Å²) in [4.78, 5) is 30.8. The Kier molecular flexibility index (Phi) is 10.8. The fourth-order valence-electron chi connectivity index (χ4n) is 5.20. The van der Waals surface area contributed by atoms with Crippen LogP contribution in [0.1, 0.15) is 62.8 Å². The lowest BCUT2D eigenvalue weighted by molar-refractivity contribution is -0.140. The number of carbonyl (C=O) groups excluding carboxylic acids is 2. The first-order valence-corrected chi connectivity index (χ1v) is 14.8. The average molecular weight is 565 g/mol. The molecule has 1 amide bonds. The minimum Gasteiger partial charge on any atom is -0.507 e. The molecule has 2 heterocycles. The van der Waals surface area contributed by atoms with Gasteiger partial charge in [0.2, 0.25) is 0 Å². The van der Waals surface area contributed by atoms with Crippen molar-refractivity contribution in [2.45, 2.75) is 53.0 Å². The maximum atomic E-state index is 13.5. The van der Waals surface area contributed by atoms with Gasteiger partial charge in [0.1, 0.15) is 17.3 Å². The predicted molar refractivity (Wildman–Crippen MR) is 159 cm³/mol. The number of Topliss-reactive ketones (excluding diaryl/α,β-unsaturated/α-hetero) is 1. The molecule has 2 fully saturated rings. The highest BCUT2D eigenvalue weighted by atomic mass is 16.5. The second kappa shape index (κ2) is 14.5. The normalized spacial score (nSPS) is 19.2. The molecule has 41 heavy (non-hydrogen) atoms. The Bertz CT molecular complexity index is 1220. The monoisotopic (exact) mass is 564 g/mol. The lowest BCUT2D eigenvalue weighted by Crippen LogP contribution is -2.38. The van der Waals surface area contributed by atoms with Gasteiger partial charge in [0.15, 0.2) is 0 Å². The number of hydrogen-bond acceptors (Lipinski definition) is 7. The summed E-state index contributed by atoms with van der Waals surface area (Å²) in [5, 5.41) is 11.5. The van der Waals surface area contributed by atoms with Crippen molar-refractivity contribution in [3.8, 4) is 11.5 Å². The van der Waals surface area contributed by atoms with Gasteiger partial charge in [0.05, 0.1) is 38.0 Å². The van der Waals surface area contributed by atoms with E-state index in [1.807, 2.05) is 37.3 Å². The van der Waals surface area contributed by atoms with Crippen molar-refractivity contribution in [3.63, 3.8) is 0 Å². The van der Waals surface area contributed by atoms with Crippen LogP contribution in [-0.2, 0) is 14.3 Å². The van der Waals surface area contributed by atoms with Crippen molar-refractivity contribution < 1.29 is 28.9 Å². The van der Waals surface area contributed by atoms with E-state index in [-0.39, 0.29) is 11.3 Å². The van der Waals surface area contributed by atoms with Gasteiger partial charge in [-0.15, -0.1) is 0 Å². The molecule has 0 aromatic heterocycles. The highest BCUT2D eigenvalue weighted by Crippen LogP contribution is 2.40. The third-order valence-corrected chi connectivity index (χ3v) is 7.50. The lowest BCUT2D eigenvalue weighted by atomic mass is 9.94. The number of carbonyl (C=O) groups is 2. The first kappa shape index (κ1) is 30.6. The standard InChI is InChI=1S/C33H44N2O6/c1-5-6-18-40-27-11-8-25(9-12-27)30-29(31(36)26-10-13-28(24(4)21-26)41-22-23(2)3)32(37)33(38)35(30)15-7-14-34-16-19-39-20-17-34/h8-13,21,23,30,36H,5-7,14-20,22H2,1-4H3/b31-29+. The molecular formula is C33H44N2O6. The molecule has 2 aliphatic rings. The fraction of sp³-hybridized carbons (Fsp3) is 0.515. The quantitative estimate of drug-likeness (QED) is 0.152. The smallest absolute Gasteiger partial charge is 0.295 e. The Morgan fingerprint density at radius 1 is 1.02 bits per heavy atom. The number of rotatable bonds is 13. The third kappa shape index (κ3) is 7.68. The van der Waals surface area contributed by atoms with Gasteiger partial charge in [0.25, 0.3) is 11.7 Å². The molecule has 8 nitrogen and oxygen atoms in total. The van der Waals surface area contributed by atoms with Gasteiger partial charge in [-0.25, -0.2) is 0 Å². The zero-order chi connectivity index (χ0) is 29.4. The summed E-state index contributed by atoms with van der Waals surface area (Å²) in [6.07, 6.45) is 2.72. The maximum absolute atomic E-state index is 13.5. The fourth-order valence-corrected chi connectivity index (χ4v) is 5.20. The van der Waals surface area contributed by atoms with Crippen molar-refractivity contribution in [2.24, 2.45) is 5.92 Å². The lowest BCUT2D eigenvalue weighted by Gasteiger charge is -2.29. The summed E-state index contributed by atoms with van der Waals surface area (Å²) in [7, 11) is 0. The summed E-state index contributed by atoms with van der Waals surface area (Å²) in [6, 6.07) is 12.2. The summed E-state index contributed by atoms with van der Waals surface area (Å²) in [5.41, 5.74) is 2.19. The van der Waals surface area contributed by atoms with E-state index in [2.05, 4.69) is 25.7 Å². The van der Waals surface area contributed by atoms with E-state index in [1.54, 1.807) is 17.0 Å². The van der Waals surface area contributed by atoms with Crippen LogP contribution in [0.2, 0.25) is 0 Å². The van der Waals surface area contributed by atoms with Gasteiger partial charge in [-0.1, -0.05) is 39.3 Å². The zero-order valence-electron chi connectivity index (χ0n) is 24.9. The molecule has 222 valence electrons. The Morgan fingerprint density at radius 3 is 2.41 bits per heavy atom. The molecule has 0 saturated carbocycles. The van der Waals surface area contributed by atoms with E-state index in [0.717, 1.165) is 55.1 Å². The van der Waals surface area contributed by atoms with E-state index in [1.165, 1.54) is 0 Å². The number of ether oxygens (including phenoxy) is 3. The molecule has 1 unspecified atom stereocenters. The van der Waals surface area contributed by atoms with Crippen LogP contribution in [0.4, 0.5) is 0 Å². The number of benzene rings is 2. The van der Waals surface area contributed by atoms with Crippen LogP contribution in [0, 0.1) is 12.8 Å². The molecule has 0 radical (unpaired) electrons. The van der Waals surface area contributed by atoms with Gasteiger partial charge >= 0.3 is 0 Å². The van der Waals surface area contributed by atoms with Crippen molar-refractivity contribution >= 4 is 17.4 Å². The summed E-state index contributed by atoms with van der Waals surface area (Å²) >= 11 is 0. The van der Waals surface area contributed by atoms with Crippen LogP contribution in [0.25, 0.3) is 5.76 Å². The third-order valence-electron chi connectivity index (χ3n) is 7.50. The Labute approximate surface area is 243 Å². The minimum atomic E-state index is -0.693. The number of nitrogens with zero attached hydrogens (tertiary/aromatic N) is 2. The maximum Gasteiger partial charge on any atom is 0.295 e. The van der Waals surface area contributed by atoms with Crippen molar-refractivity contribution in [2.75, 3.05) is 52.6 Å². The van der Waals surface area contributed by atoms with E-state index in [4.69, 9.17) is 14.2 Å². The highest BCUT2D eigenvalue weighted by Gasteiger charge is 2.45. The summed E-state index contributed by atoms with van der Waals surface area (Å²) in [6.45, 7) is 13.7. The number of aliphatic hydroxyl groups is 1. The Hall–Kier alpha value is -3.36. The number of aliphatic hydroxyl groups excluding tert-OH is 1. The number of unbranched alkanes of at least 4 members (excludes halogenated alkanes) is 1. The van der Waals surface area contributed by atoms with E-state index in [9.17, 15) is 14.7 Å². The largest absolute Gasteiger partial charge is 0.507 e. The summed E-state index contributed by atoms with van der Waals surface area (Å²) < 4.78 is 17.2. The van der Waals surface area contributed by atoms with Gasteiger partial charge in [-0.2, -0.15) is 0 Å². The van der Waals surface area contributed by atoms with Crippen molar-refractivity contribution in [1.29, 1.82) is 0 Å². The number of amides is 1. The molecule has 8 heteroatoms. The van der Waals surface area contributed by atoms with Crippen molar-refractivity contribution in [3.05, 3.63) is 64.7 Å². The van der Waals surface area contributed by atoms with Crippen LogP contribution in [-0.4, -0.2) is 79.2 Å². The van der Waals surface area contributed by atoms with Gasteiger partial charge in [0, 0.05) is 31.7 Å². The molecule has 1 atom stereocenters. The minimum absolute atomic E-state index is 0.108. The Balaban J connectivity index is 1.64. The van der Waals surface area contributed by atoms with E-state index < -0.39 is 17.7 Å². The molecule has 0 spiro atoms. The molecule has 0 aliphatic carbocycles. The highest BCUT2D eigenvalue weighted by molar-refractivity contribution is 6.46. The molecule has 2 aromatic rings. The first-order valence-electron chi connectivity index (χ1n) is 14.8. The summed E-state index contributed by atoms with van der Waals surface area (Å²) in [5.74, 6) is 0.416. The molecule has 0 bridgehead atoms. The molecule has 1 N–H and O–H groups in total. The van der Waals surface area contributed by atoms with Crippen LogP contribution in [0.15, 0.2) is 48.0 Å². The molecular weight excluding hydrogens is 520 g/mol. The second-order valence-corrected chi connectivity index (χ2v) is 11.3. The van der Waals surface area contributed by atoms with Crippen LogP contribution in [0.5, 0.6) is 11.5 Å². The topological polar surface area (TPSA) is 88.5 Å². The van der Waals surface area contributed by atoms with Gasteiger partial charge in [-0.3, -0.25) is 14.5 Å². The van der Waals surface area contributed by atoms with E-state index >= 15 is 0 Å². The molecule has 2 aliphatic heterocycles. The number of ketones is 1. The molecule has 4 rings (SSSR count). The molecule has 2 saturated heterocycles. The average Bonchev–Trinajstić information content (AvgIpc) is 3.22. The number of hydrogen-bond donors (Lipinski definition) is 1. The van der Waals surface area contributed by atoms with Crippen LogP contribution >= 0.6 is 0 Å². The van der Waals surface area contributed by atoms with Gasteiger partial charge in [-0.05, 0) is 67.1 Å². The predicted octanol–water partition coefficient (Wildman–Crippen LogP) is 5.35. The van der Waals surface area contributed by atoms with Crippen molar-refractivity contribution in [1.82, 2.24) is 9.80 Å². The second-order valence-electron chi connectivity index (χ2n) is 11.3. The zero-order valence-corrected chi connectivity index (χ0v) is 24.9. The van der Waals surface area contributed by atoms with E-state index in [0.29, 0.717) is 50.9 Å². The van der Waals surface area contributed by atoms with Gasteiger partial charge < -0.3 is 24.2 Å². The SMILES string of the molecule is CCCCOc1ccc(C2/C(=C(\O)c3ccc(OCC(C)C)c(C)c3)C(=O)C(=O)N2CCCN2CCOCC2)cc1. The van der Waals surface area contributed by atoms with Crippen LogP contribution < -0.4 is 9.47 Å².